The highest BCUT2D eigenvalue weighted by atomic mass is 32.2. The number of carbonyl (C=O) groups is 3. The van der Waals surface area contributed by atoms with Gasteiger partial charge in [0.1, 0.15) is 12.4 Å². The maximum atomic E-state index is 13.4. The number of amides is 3. The van der Waals surface area contributed by atoms with E-state index in [-0.39, 0.29) is 23.2 Å². The number of rotatable bonds is 6. The van der Waals surface area contributed by atoms with Crippen LogP contribution in [0.5, 0.6) is 0 Å². The van der Waals surface area contributed by atoms with E-state index in [2.05, 4.69) is 17.6 Å². The molecule has 1 aromatic heterocycles. The maximum Gasteiger partial charge on any atom is 0.294 e. The number of thioether (sulfide) groups is 1. The van der Waals surface area contributed by atoms with Crippen LogP contribution in [0.4, 0.5) is 9.18 Å². The van der Waals surface area contributed by atoms with Gasteiger partial charge < -0.3 is 14.2 Å². The van der Waals surface area contributed by atoms with E-state index in [4.69, 9.17) is 4.74 Å². The molecular formula is C27H26FN3O4S. The lowest BCUT2D eigenvalue weighted by Gasteiger charge is -2.28. The molecule has 0 spiro atoms. The minimum absolute atomic E-state index is 0.259. The first-order valence-corrected chi connectivity index (χ1v) is 12.7. The number of carbonyl (C=O) groups excluding carboxylic acids is 3. The number of halogens is 1. The summed E-state index contributed by atoms with van der Waals surface area (Å²) in [7, 11) is 0. The van der Waals surface area contributed by atoms with Crippen molar-refractivity contribution >= 4 is 45.8 Å². The number of fused-ring (bicyclic) bond motifs is 1. The van der Waals surface area contributed by atoms with Crippen molar-refractivity contribution in [1.82, 2.24) is 14.4 Å². The van der Waals surface area contributed by atoms with Crippen LogP contribution in [0.25, 0.3) is 17.0 Å². The Labute approximate surface area is 212 Å². The normalized spacial score (nSPS) is 17.6. The lowest BCUT2D eigenvalue weighted by molar-refractivity contribution is -0.139. The van der Waals surface area contributed by atoms with E-state index in [1.165, 1.54) is 12.1 Å². The molecule has 0 radical (unpaired) electrons. The minimum Gasteiger partial charge on any atom is -0.378 e. The fraction of sp³-hybridized carbons (Fsp3) is 0.296. The van der Waals surface area contributed by atoms with Crippen molar-refractivity contribution in [1.29, 1.82) is 0 Å². The summed E-state index contributed by atoms with van der Waals surface area (Å²) in [6.45, 7) is 4.17. The fourth-order valence-corrected chi connectivity index (χ4v) is 5.43. The summed E-state index contributed by atoms with van der Waals surface area (Å²) < 4.78 is 20.8. The monoisotopic (exact) mass is 507 g/mol. The van der Waals surface area contributed by atoms with Crippen LogP contribution in [0.1, 0.15) is 23.6 Å². The smallest absolute Gasteiger partial charge is 0.294 e. The van der Waals surface area contributed by atoms with Crippen molar-refractivity contribution in [3.63, 3.8) is 0 Å². The van der Waals surface area contributed by atoms with Crippen LogP contribution < -0.4 is 0 Å². The molecule has 0 aliphatic carbocycles. The lowest BCUT2D eigenvalue weighted by atomic mass is 10.1. The fourth-order valence-electron chi connectivity index (χ4n) is 4.60. The van der Waals surface area contributed by atoms with Gasteiger partial charge in [-0.15, -0.1) is 0 Å². The minimum atomic E-state index is -0.460. The Hall–Kier alpha value is -3.43. The molecule has 0 N–H and O–H groups in total. The molecule has 0 bridgehead atoms. The number of para-hydroxylation sites is 1. The number of nitrogens with zero attached hydrogens (tertiary/aromatic N) is 3. The summed E-state index contributed by atoms with van der Waals surface area (Å²) in [5.74, 6) is -1.00. The van der Waals surface area contributed by atoms with Gasteiger partial charge in [-0.1, -0.05) is 37.3 Å². The number of aromatic nitrogens is 1. The second-order valence-electron chi connectivity index (χ2n) is 8.77. The summed E-state index contributed by atoms with van der Waals surface area (Å²) in [6.07, 6.45) is 4.51. The standard InChI is InChI=1S/C27H26FN3O4S/c1-2-19-4-3-5-22-20(16-30(25(19)22)15-18-6-8-21(28)9-7-18)14-23-26(33)31(27(34)36-23)17-24(32)29-10-12-35-13-11-29/h3-9,14,16H,2,10-13,15,17H2,1H3/b23-14-. The third kappa shape index (κ3) is 4.81. The van der Waals surface area contributed by atoms with Crippen molar-refractivity contribution in [3.05, 3.63) is 76.1 Å². The maximum absolute atomic E-state index is 13.4. The number of aryl methyl sites for hydroxylation is 1. The Balaban J connectivity index is 1.44. The van der Waals surface area contributed by atoms with Gasteiger partial charge in [-0.3, -0.25) is 19.3 Å². The predicted molar refractivity (Wildman–Crippen MR) is 137 cm³/mol. The lowest BCUT2D eigenvalue weighted by Crippen LogP contribution is -2.46. The summed E-state index contributed by atoms with van der Waals surface area (Å²) in [5, 5.41) is 0.518. The van der Waals surface area contributed by atoms with E-state index in [0.717, 1.165) is 50.7 Å². The van der Waals surface area contributed by atoms with Gasteiger partial charge in [-0.2, -0.15) is 0 Å². The van der Waals surface area contributed by atoms with Gasteiger partial charge in [0, 0.05) is 36.8 Å². The first kappa shape index (κ1) is 24.3. The number of morpholine rings is 1. The van der Waals surface area contributed by atoms with Gasteiger partial charge >= 0.3 is 0 Å². The zero-order valence-electron chi connectivity index (χ0n) is 19.9. The zero-order chi connectivity index (χ0) is 25.2. The molecule has 3 heterocycles. The van der Waals surface area contributed by atoms with Gasteiger partial charge in [-0.05, 0) is 47.5 Å². The molecule has 0 atom stereocenters. The van der Waals surface area contributed by atoms with E-state index < -0.39 is 11.1 Å². The van der Waals surface area contributed by atoms with Gasteiger partial charge in [-0.25, -0.2) is 4.39 Å². The van der Waals surface area contributed by atoms with Crippen LogP contribution in [0.3, 0.4) is 0 Å². The van der Waals surface area contributed by atoms with Gasteiger partial charge in [0.25, 0.3) is 11.1 Å². The molecule has 9 heteroatoms. The Morgan fingerprint density at radius 2 is 1.86 bits per heavy atom. The molecule has 36 heavy (non-hydrogen) atoms. The van der Waals surface area contributed by atoms with Crippen molar-refractivity contribution < 1.29 is 23.5 Å². The summed E-state index contributed by atoms with van der Waals surface area (Å²) in [4.78, 5) is 41.3. The van der Waals surface area contributed by atoms with Crippen LogP contribution in [0, 0.1) is 5.82 Å². The summed E-state index contributed by atoms with van der Waals surface area (Å²) in [6, 6.07) is 12.4. The second-order valence-corrected chi connectivity index (χ2v) is 9.76. The van der Waals surface area contributed by atoms with Crippen LogP contribution in [-0.4, -0.2) is 64.3 Å². The average Bonchev–Trinajstić information content (AvgIpc) is 3.37. The summed E-state index contributed by atoms with van der Waals surface area (Å²) in [5.41, 5.74) is 3.95. The molecule has 2 saturated heterocycles. The van der Waals surface area contributed by atoms with Gasteiger partial charge in [0.15, 0.2) is 0 Å². The van der Waals surface area contributed by atoms with Crippen LogP contribution >= 0.6 is 11.8 Å². The van der Waals surface area contributed by atoms with E-state index in [1.807, 2.05) is 18.3 Å². The summed E-state index contributed by atoms with van der Waals surface area (Å²) >= 11 is 0.851. The number of imide groups is 1. The molecule has 186 valence electrons. The van der Waals surface area contributed by atoms with E-state index in [0.29, 0.717) is 32.8 Å². The molecule has 2 aliphatic heterocycles. The first-order valence-electron chi connectivity index (χ1n) is 11.9. The molecule has 2 fully saturated rings. The average molecular weight is 508 g/mol. The highest BCUT2D eigenvalue weighted by Gasteiger charge is 2.37. The Morgan fingerprint density at radius 1 is 1.11 bits per heavy atom. The van der Waals surface area contributed by atoms with Crippen molar-refractivity contribution in [3.8, 4) is 0 Å². The number of hydrogen-bond acceptors (Lipinski definition) is 5. The van der Waals surface area contributed by atoms with Crippen LogP contribution in [0.15, 0.2) is 53.6 Å². The predicted octanol–water partition coefficient (Wildman–Crippen LogP) is 4.29. The molecule has 2 aliphatic rings. The quantitative estimate of drug-likeness (QED) is 0.466. The third-order valence-corrected chi connectivity index (χ3v) is 7.38. The molecule has 3 aromatic rings. The van der Waals surface area contributed by atoms with Crippen molar-refractivity contribution in [2.45, 2.75) is 19.9 Å². The van der Waals surface area contributed by atoms with E-state index >= 15 is 0 Å². The Bertz CT molecular complexity index is 1360. The largest absolute Gasteiger partial charge is 0.378 e. The Kier molecular flexibility index (Phi) is 6.93. The highest BCUT2D eigenvalue weighted by molar-refractivity contribution is 8.18. The Morgan fingerprint density at radius 3 is 2.58 bits per heavy atom. The van der Waals surface area contributed by atoms with Crippen LogP contribution in [-0.2, 0) is 27.3 Å². The molecule has 0 unspecified atom stereocenters. The molecule has 5 rings (SSSR count). The SMILES string of the molecule is CCc1cccc2c(/C=C3\SC(=O)N(CC(=O)N4CCOCC4)C3=O)cn(Cc3ccc(F)cc3)c12. The van der Waals surface area contributed by atoms with Gasteiger partial charge in [0.05, 0.1) is 23.6 Å². The second kappa shape index (κ2) is 10.3. The van der Waals surface area contributed by atoms with E-state index in [9.17, 15) is 18.8 Å². The molecule has 7 nitrogen and oxygen atoms in total. The van der Waals surface area contributed by atoms with E-state index in [1.54, 1.807) is 23.1 Å². The number of benzene rings is 2. The topological polar surface area (TPSA) is 71.9 Å². The molecule has 2 aromatic carbocycles. The third-order valence-electron chi connectivity index (χ3n) is 6.48. The van der Waals surface area contributed by atoms with Crippen molar-refractivity contribution in [2.24, 2.45) is 0 Å². The zero-order valence-corrected chi connectivity index (χ0v) is 20.7. The number of ether oxygens (including phenoxy) is 1. The molecule has 0 saturated carbocycles. The molecule has 3 amide bonds. The first-order chi connectivity index (χ1) is 17.4. The van der Waals surface area contributed by atoms with Crippen molar-refractivity contribution in [2.75, 3.05) is 32.8 Å². The van der Waals surface area contributed by atoms with Gasteiger partial charge in [0.2, 0.25) is 5.91 Å². The van der Waals surface area contributed by atoms with Crippen LogP contribution in [0.2, 0.25) is 0 Å². The molecular weight excluding hydrogens is 481 g/mol. The number of hydrogen-bond donors (Lipinski definition) is 0. The highest BCUT2D eigenvalue weighted by Crippen LogP contribution is 2.35.